The molecule has 6 nitrogen and oxygen atoms in total. The molecule has 1 saturated heterocycles. The van der Waals surface area contributed by atoms with E-state index in [1.807, 2.05) is 12.1 Å². The molecule has 0 saturated carbocycles. The largest absolute Gasteiger partial charge is 0.504 e. The van der Waals surface area contributed by atoms with E-state index in [4.69, 9.17) is 14.2 Å². The maximum absolute atomic E-state index is 12.4. The van der Waals surface area contributed by atoms with Crippen LogP contribution in [0.3, 0.4) is 0 Å². The minimum absolute atomic E-state index is 0.0862. The van der Waals surface area contributed by atoms with Gasteiger partial charge < -0.3 is 19.3 Å². The van der Waals surface area contributed by atoms with Gasteiger partial charge in [-0.25, -0.2) is 8.42 Å². The second kappa shape index (κ2) is 9.36. The Morgan fingerprint density at radius 3 is 2.79 bits per heavy atom. The Hall–Kier alpha value is -1.10. The lowest BCUT2D eigenvalue weighted by Gasteiger charge is -2.15. The van der Waals surface area contributed by atoms with Crippen molar-refractivity contribution in [2.24, 2.45) is 0 Å². The normalized spacial score (nSPS) is 23.5. The van der Waals surface area contributed by atoms with Gasteiger partial charge >= 0.3 is 0 Å². The first kappa shape index (κ1) is 22.6. The number of hydrogen-bond donors (Lipinski definition) is 1. The summed E-state index contributed by atoms with van der Waals surface area (Å²) >= 11 is 2.09. The number of benzene rings is 1. The van der Waals surface area contributed by atoms with Crippen molar-refractivity contribution in [3.05, 3.63) is 38.0 Å². The Morgan fingerprint density at radius 1 is 1.38 bits per heavy atom. The molecule has 0 bridgehead atoms. The van der Waals surface area contributed by atoms with Gasteiger partial charge in [0.15, 0.2) is 21.3 Å². The first-order valence-corrected chi connectivity index (χ1v) is 12.4. The van der Waals surface area contributed by atoms with Crippen LogP contribution < -0.4 is 4.74 Å². The fourth-order valence-electron chi connectivity index (χ4n) is 4.04. The van der Waals surface area contributed by atoms with Gasteiger partial charge in [-0.05, 0) is 70.7 Å². The molecule has 0 aliphatic carbocycles. The highest BCUT2D eigenvalue weighted by Gasteiger charge is 2.46. The van der Waals surface area contributed by atoms with Crippen LogP contribution in [0.15, 0.2) is 28.9 Å². The zero-order chi connectivity index (χ0) is 21.2. The zero-order valence-electron chi connectivity index (χ0n) is 16.9. The molecule has 0 spiro atoms. The molecular weight excluding hydrogens is 507 g/mol. The molecule has 2 heterocycles. The minimum Gasteiger partial charge on any atom is -0.504 e. The number of rotatable bonds is 8. The lowest BCUT2D eigenvalue weighted by atomic mass is 9.96. The molecule has 1 aromatic rings. The molecule has 0 unspecified atom stereocenters. The molecule has 0 radical (unpaired) electrons. The number of ether oxygens (including phenoxy) is 3. The predicted molar refractivity (Wildman–Crippen MR) is 121 cm³/mol. The van der Waals surface area contributed by atoms with Crippen LogP contribution in [0.5, 0.6) is 11.5 Å². The van der Waals surface area contributed by atoms with E-state index < -0.39 is 15.1 Å². The third-order valence-electron chi connectivity index (χ3n) is 5.50. The standard InChI is InChI=1S/C21H27IO6S/c1-4-13(7-14-8-16(22)21(23)18(9-14)27-3)5-6-17-20-15(10-26-2)12-29(24,25)19(20)11-28-17/h7-9,17,19,23H,4-6,10-12H2,1-3H3/b13-7+/t17-,19+/m1/s1. The van der Waals surface area contributed by atoms with Gasteiger partial charge in [0.25, 0.3) is 0 Å². The number of methoxy groups -OCH3 is 2. The van der Waals surface area contributed by atoms with E-state index in [-0.39, 0.29) is 24.2 Å². The molecular formula is C21H27IO6S. The summed E-state index contributed by atoms with van der Waals surface area (Å²) in [7, 11) is -0.0467. The Morgan fingerprint density at radius 2 is 2.14 bits per heavy atom. The Labute approximate surface area is 186 Å². The quantitative estimate of drug-likeness (QED) is 0.405. The third kappa shape index (κ3) is 4.81. The van der Waals surface area contributed by atoms with E-state index in [1.54, 1.807) is 7.11 Å². The number of aromatic hydroxyl groups is 1. The summed E-state index contributed by atoms with van der Waals surface area (Å²) in [5, 5.41) is 9.52. The van der Waals surface area contributed by atoms with Gasteiger partial charge in [0.05, 0.1) is 35.8 Å². The Balaban J connectivity index is 1.77. The van der Waals surface area contributed by atoms with Gasteiger partial charge in [-0.3, -0.25) is 0 Å². The average molecular weight is 534 g/mol. The lowest BCUT2D eigenvalue weighted by molar-refractivity contribution is 0.117. The summed E-state index contributed by atoms with van der Waals surface area (Å²) in [6.07, 6.45) is 4.34. The Kier molecular flexibility index (Phi) is 7.29. The van der Waals surface area contributed by atoms with Gasteiger partial charge in [0, 0.05) is 7.11 Å². The first-order chi connectivity index (χ1) is 13.8. The first-order valence-electron chi connectivity index (χ1n) is 9.60. The number of hydrogen-bond acceptors (Lipinski definition) is 6. The summed E-state index contributed by atoms with van der Waals surface area (Å²) in [6.45, 7) is 2.68. The fourth-order valence-corrected chi connectivity index (χ4v) is 6.60. The number of phenols is 1. The van der Waals surface area contributed by atoms with Crippen molar-refractivity contribution in [2.45, 2.75) is 37.5 Å². The van der Waals surface area contributed by atoms with E-state index in [0.29, 0.717) is 12.4 Å². The highest BCUT2D eigenvalue weighted by atomic mass is 127. The van der Waals surface area contributed by atoms with Gasteiger partial charge in [-0.1, -0.05) is 18.6 Å². The van der Waals surface area contributed by atoms with Crippen molar-refractivity contribution >= 4 is 38.5 Å². The van der Waals surface area contributed by atoms with Crippen LogP contribution in [0, 0.1) is 3.57 Å². The second-order valence-corrected chi connectivity index (χ2v) is 10.7. The molecule has 0 amide bonds. The summed E-state index contributed by atoms with van der Waals surface area (Å²) in [5.41, 5.74) is 3.98. The molecule has 1 aromatic carbocycles. The van der Waals surface area contributed by atoms with Crippen LogP contribution in [0.1, 0.15) is 31.7 Å². The topological polar surface area (TPSA) is 82.1 Å². The van der Waals surface area contributed by atoms with Crippen molar-refractivity contribution in [3.8, 4) is 11.5 Å². The summed E-state index contributed by atoms with van der Waals surface area (Å²) in [6, 6.07) is 3.73. The molecule has 2 aliphatic heterocycles. The van der Waals surface area contributed by atoms with Crippen LogP contribution in [0.25, 0.3) is 6.08 Å². The molecule has 2 atom stereocenters. The molecule has 8 heteroatoms. The average Bonchev–Trinajstić information content (AvgIpc) is 3.21. The van der Waals surface area contributed by atoms with E-state index in [1.165, 1.54) is 12.7 Å². The molecule has 3 rings (SSSR count). The molecule has 1 N–H and O–H groups in total. The summed E-state index contributed by atoms with van der Waals surface area (Å²) in [4.78, 5) is 0. The van der Waals surface area contributed by atoms with E-state index >= 15 is 0 Å². The van der Waals surface area contributed by atoms with E-state index in [2.05, 4.69) is 35.6 Å². The minimum atomic E-state index is -3.17. The van der Waals surface area contributed by atoms with E-state index in [9.17, 15) is 13.5 Å². The Bertz CT molecular complexity index is 935. The number of fused-ring (bicyclic) bond motifs is 1. The highest BCUT2D eigenvalue weighted by Crippen LogP contribution is 2.39. The van der Waals surface area contributed by atoms with Gasteiger partial charge in [0.1, 0.15) is 5.25 Å². The van der Waals surface area contributed by atoms with Gasteiger partial charge in [0.2, 0.25) is 0 Å². The van der Waals surface area contributed by atoms with Crippen molar-refractivity contribution in [3.63, 3.8) is 0 Å². The monoisotopic (exact) mass is 534 g/mol. The van der Waals surface area contributed by atoms with Crippen LogP contribution in [0.2, 0.25) is 0 Å². The smallest absolute Gasteiger partial charge is 0.171 e. The molecule has 160 valence electrons. The maximum Gasteiger partial charge on any atom is 0.171 e. The van der Waals surface area contributed by atoms with Crippen molar-refractivity contribution < 1.29 is 27.7 Å². The predicted octanol–water partition coefficient (Wildman–Crippen LogP) is 3.72. The molecule has 29 heavy (non-hydrogen) atoms. The zero-order valence-corrected chi connectivity index (χ0v) is 19.9. The molecule has 0 aromatic heterocycles. The van der Waals surface area contributed by atoms with Crippen LogP contribution in [-0.4, -0.2) is 58.1 Å². The SMILES string of the molecule is CC/C(=C\c1cc(I)c(O)c(OC)c1)CC[C@H]1OC[C@H]2C1=C(COC)CS2(=O)=O. The van der Waals surface area contributed by atoms with Gasteiger partial charge in [-0.2, -0.15) is 0 Å². The lowest BCUT2D eigenvalue weighted by Crippen LogP contribution is -2.19. The number of allylic oxidation sites excluding steroid dienone is 1. The summed E-state index contributed by atoms with van der Waals surface area (Å²) in [5.74, 6) is 0.683. The van der Waals surface area contributed by atoms with E-state index in [0.717, 1.165) is 39.5 Å². The third-order valence-corrected chi connectivity index (χ3v) is 8.33. The number of sulfone groups is 1. The maximum atomic E-state index is 12.4. The van der Waals surface area contributed by atoms with Crippen molar-refractivity contribution in [1.82, 2.24) is 0 Å². The fraction of sp³-hybridized carbons (Fsp3) is 0.524. The number of halogens is 1. The van der Waals surface area contributed by atoms with Crippen molar-refractivity contribution in [1.29, 1.82) is 0 Å². The van der Waals surface area contributed by atoms with Gasteiger partial charge in [-0.15, -0.1) is 0 Å². The van der Waals surface area contributed by atoms with Crippen molar-refractivity contribution in [2.75, 3.05) is 33.2 Å². The van der Waals surface area contributed by atoms with Crippen LogP contribution >= 0.6 is 22.6 Å². The second-order valence-electron chi connectivity index (χ2n) is 7.36. The molecule has 1 fully saturated rings. The highest BCUT2D eigenvalue weighted by molar-refractivity contribution is 14.1. The number of phenolic OH excluding ortho intramolecular Hbond substituents is 1. The van der Waals surface area contributed by atoms with Crippen LogP contribution in [-0.2, 0) is 19.3 Å². The summed E-state index contributed by atoms with van der Waals surface area (Å²) < 4.78 is 41.9. The van der Waals surface area contributed by atoms with Crippen LogP contribution in [0.4, 0.5) is 0 Å². The molecule has 2 aliphatic rings.